The van der Waals surface area contributed by atoms with E-state index in [1.807, 2.05) is 0 Å². The maximum absolute atomic E-state index is 15.0. The Labute approximate surface area is 202 Å². The third-order valence-corrected chi connectivity index (χ3v) is 8.48. The van der Waals surface area contributed by atoms with Crippen molar-refractivity contribution in [1.82, 2.24) is 23.8 Å². The van der Waals surface area contributed by atoms with E-state index in [-0.39, 0.29) is 28.8 Å². The molecular formula is C20H22F4N6O3S2. The molecule has 1 fully saturated rings. The molecule has 9 nitrogen and oxygen atoms in total. The summed E-state index contributed by atoms with van der Waals surface area (Å²) < 4.78 is 83.6. The second-order valence-corrected chi connectivity index (χ2v) is 11.1. The van der Waals surface area contributed by atoms with Gasteiger partial charge in [0.25, 0.3) is 10.0 Å². The fraction of sp³-hybridized carbons (Fsp3) is 0.450. The summed E-state index contributed by atoms with van der Waals surface area (Å²) in [5, 5.41) is 12.2. The summed E-state index contributed by atoms with van der Waals surface area (Å²) in [6.07, 6.45) is -3.94. The van der Waals surface area contributed by atoms with Gasteiger partial charge in [-0.25, -0.2) is 27.8 Å². The number of sulfonamides is 1. The number of hydrogen-bond donors (Lipinski definition) is 2. The monoisotopic (exact) mass is 534 g/mol. The molecule has 2 N–H and O–H groups in total. The lowest BCUT2D eigenvalue weighted by Crippen LogP contribution is -2.50. The lowest BCUT2D eigenvalue weighted by Gasteiger charge is -2.33. The summed E-state index contributed by atoms with van der Waals surface area (Å²) >= 11 is 0.959. The molecule has 1 unspecified atom stereocenters. The number of rotatable bonds is 6. The van der Waals surface area contributed by atoms with Gasteiger partial charge in [-0.2, -0.15) is 17.5 Å². The lowest BCUT2D eigenvalue weighted by molar-refractivity contribution is -0.137. The lowest BCUT2D eigenvalue weighted by atomic mass is 10.1. The Bertz CT molecular complexity index is 1310. The number of thiophene rings is 1. The highest BCUT2D eigenvalue weighted by Crippen LogP contribution is 2.39. The highest BCUT2D eigenvalue weighted by atomic mass is 32.2. The van der Waals surface area contributed by atoms with E-state index in [4.69, 9.17) is 0 Å². The molecule has 15 heteroatoms. The average molecular weight is 535 g/mol. The van der Waals surface area contributed by atoms with Crippen molar-refractivity contribution in [3.63, 3.8) is 0 Å². The summed E-state index contributed by atoms with van der Waals surface area (Å²) in [6, 6.07) is 2.02. The third kappa shape index (κ3) is 5.32. The normalized spacial score (nSPS) is 20.7. The first-order valence-electron chi connectivity index (χ1n) is 10.5. The summed E-state index contributed by atoms with van der Waals surface area (Å²) in [5.41, 5.74) is -1.45. The highest BCUT2D eigenvalue weighted by molar-refractivity contribution is 7.89. The summed E-state index contributed by atoms with van der Waals surface area (Å²) in [4.78, 5) is 12.2. The largest absolute Gasteiger partial charge is 0.420 e. The standard InChI is InChI=1S/C20H22F4N6O3S2/c1-11(31)15-3-4-16(34-15)18-12(20(22,23)24)7-25-19(28-18)27-14-5-6-30(8-13(14)21)35(32,33)17-9-29(2)10-26-17/h3-4,7,9-11,13-14,31H,5-6,8H2,1-2H3,(H,25,27,28)/t11?,13-,14-/m1/s1. The Kier molecular flexibility index (Phi) is 6.87. The second kappa shape index (κ2) is 9.44. The number of hydrogen-bond acceptors (Lipinski definition) is 8. The number of piperidine rings is 1. The first kappa shape index (κ1) is 25.5. The van der Waals surface area contributed by atoms with Crippen LogP contribution >= 0.6 is 11.3 Å². The molecule has 0 bridgehead atoms. The molecule has 3 aromatic heterocycles. The predicted molar refractivity (Wildman–Crippen MR) is 120 cm³/mol. The van der Waals surface area contributed by atoms with Gasteiger partial charge in [-0.15, -0.1) is 11.3 Å². The van der Waals surface area contributed by atoms with E-state index in [1.54, 1.807) is 7.05 Å². The van der Waals surface area contributed by atoms with Crippen LogP contribution in [0.5, 0.6) is 0 Å². The molecular weight excluding hydrogens is 512 g/mol. The van der Waals surface area contributed by atoms with Crippen LogP contribution in [0, 0.1) is 0 Å². The van der Waals surface area contributed by atoms with Crippen LogP contribution in [0.3, 0.4) is 0 Å². The van der Waals surface area contributed by atoms with Crippen LogP contribution in [-0.4, -0.2) is 62.7 Å². The SMILES string of the molecule is CC(O)c1ccc(-c2nc(N[C@@H]3CCN(S(=O)(=O)c4cn(C)cn4)C[C@H]3F)ncc2C(F)(F)F)s1. The van der Waals surface area contributed by atoms with Crippen molar-refractivity contribution in [2.24, 2.45) is 7.05 Å². The van der Waals surface area contributed by atoms with Crippen LogP contribution in [0.2, 0.25) is 0 Å². The number of halogens is 4. The minimum absolute atomic E-state index is 0.0207. The van der Waals surface area contributed by atoms with E-state index in [2.05, 4.69) is 20.3 Å². The summed E-state index contributed by atoms with van der Waals surface area (Å²) in [6.45, 7) is 1.02. The topological polar surface area (TPSA) is 113 Å². The van der Waals surface area contributed by atoms with Gasteiger partial charge in [0.2, 0.25) is 5.95 Å². The Hall–Kier alpha value is -2.62. The number of aliphatic hydroxyl groups excluding tert-OH is 1. The molecule has 0 amide bonds. The van der Waals surface area contributed by atoms with Crippen molar-refractivity contribution >= 4 is 27.3 Å². The van der Waals surface area contributed by atoms with Gasteiger partial charge in [-0.05, 0) is 25.5 Å². The number of aromatic nitrogens is 4. The molecule has 0 radical (unpaired) electrons. The molecule has 35 heavy (non-hydrogen) atoms. The fourth-order valence-corrected chi connectivity index (χ4v) is 6.01. The van der Waals surface area contributed by atoms with Crippen molar-refractivity contribution in [3.8, 4) is 10.6 Å². The van der Waals surface area contributed by atoms with Gasteiger partial charge in [0.05, 0.1) is 29.0 Å². The second-order valence-electron chi connectivity index (χ2n) is 8.13. The minimum Gasteiger partial charge on any atom is -0.388 e. The molecule has 1 aliphatic heterocycles. The van der Waals surface area contributed by atoms with Crippen molar-refractivity contribution in [2.45, 2.75) is 42.9 Å². The highest BCUT2D eigenvalue weighted by Gasteiger charge is 2.38. The van der Waals surface area contributed by atoms with Crippen molar-refractivity contribution < 1.29 is 31.1 Å². The van der Waals surface area contributed by atoms with Crippen LogP contribution in [0.15, 0.2) is 35.9 Å². The zero-order valence-electron chi connectivity index (χ0n) is 18.6. The number of alkyl halides is 4. The Morgan fingerprint density at radius 3 is 2.60 bits per heavy atom. The number of imidazole rings is 1. The number of anilines is 1. The number of aryl methyl sites for hydroxylation is 1. The molecule has 190 valence electrons. The first-order chi connectivity index (χ1) is 16.4. The predicted octanol–water partition coefficient (Wildman–Crippen LogP) is 3.22. The van der Waals surface area contributed by atoms with Crippen LogP contribution in [0.4, 0.5) is 23.5 Å². The molecule has 0 aliphatic carbocycles. The van der Waals surface area contributed by atoms with Gasteiger partial charge in [-0.3, -0.25) is 0 Å². The Balaban J connectivity index is 1.54. The smallest absolute Gasteiger partial charge is 0.388 e. The van der Waals surface area contributed by atoms with Crippen LogP contribution in [-0.2, 0) is 23.2 Å². The first-order valence-corrected chi connectivity index (χ1v) is 12.7. The molecule has 1 aliphatic rings. The molecule has 0 saturated carbocycles. The zero-order valence-corrected chi connectivity index (χ0v) is 20.2. The van der Waals surface area contributed by atoms with Gasteiger partial charge in [0.15, 0.2) is 5.03 Å². The molecule has 1 saturated heterocycles. The number of nitrogens with zero attached hydrogens (tertiary/aromatic N) is 5. The molecule has 3 atom stereocenters. The third-order valence-electron chi connectivity index (χ3n) is 5.47. The van der Waals surface area contributed by atoms with Crippen molar-refractivity contribution in [3.05, 3.63) is 41.3 Å². The van der Waals surface area contributed by atoms with Gasteiger partial charge < -0.3 is 15.0 Å². The van der Waals surface area contributed by atoms with Gasteiger partial charge >= 0.3 is 6.18 Å². The van der Waals surface area contributed by atoms with Crippen molar-refractivity contribution in [2.75, 3.05) is 18.4 Å². The van der Waals surface area contributed by atoms with Gasteiger partial charge in [0, 0.05) is 37.4 Å². The summed E-state index contributed by atoms with van der Waals surface area (Å²) in [7, 11) is -2.37. The van der Waals surface area contributed by atoms with Crippen LogP contribution in [0.25, 0.3) is 10.6 Å². The van der Waals surface area contributed by atoms with Crippen LogP contribution in [0.1, 0.15) is 29.9 Å². The van der Waals surface area contributed by atoms with E-state index in [0.717, 1.165) is 15.6 Å². The Morgan fingerprint density at radius 2 is 2.03 bits per heavy atom. The van der Waals surface area contributed by atoms with Crippen molar-refractivity contribution in [1.29, 1.82) is 0 Å². The maximum Gasteiger partial charge on any atom is 0.420 e. The average Bonchev–Trinajstić information content (AvgIpc) is 3.44. The van der Waals surface area contributed by atoms with Crippen LogP contribution < -0.4 is 5.32 Å². The van der Waals surface area contributed by atoms with E-state index >= 15 is 0 Å². The summed E-state index contributed by atoms with van der Waals surface area (Å²) in [5.74, 6) is -0.214. The minimum atomic E-state index is -4.73. The maximum atomic E-state index is 15.0. The van der Waals surface area contributed by atoms with E-state index < -0.39 is 52.3 Å². The van der Waals surface area contributed by atoms with E-state index in [0.29, 0.717) is 11.1 Å². The van der Waals surface area contributed by atoms with Gasteiger partial charge in [0.1, 0.15) is 11.7 Å². The fourth-order valence-electron chi connectivity index (χ4n) is 3.63. The number of nitrogens with one attached hydrogen (secondary N) is 1. The van der Waals surface area contributed by atoms with E-state index in [1.165, 1.54) is 36.1 Å². The zero-order chi connectivity index (χ0) is 25.5. The Morgan fingerprint density at radius 1 is 1.29 bits per heavy atom. The molecule has 3 aromatic rings. The number of aliphatic hydroxyl groups is 1. The van der Waals surface area contributed by atoms with E-state index in [9.17, 15) is 31.1 Å². The molecule has 4 heterocycles. The molecule has 4 rings (SSSR count). The molecule has 0 spiro atoms. The quantitative estimate of drug-likeness (QED) is 0.467. The molecule has 0 aromatic carbocycles. The van der Waals surface area contributed by atoms with Gasteiger partial charge in [-0.1, -0.05) is 0 Å².